The Morgan fingerprint density at radius 2 is 2.06 bits per heavy atom. The van der Waals surface area contributed by atoms with Crippen LogP contribution in [-0.4, -0.2) is 5.78 Å². The summed E-state index contributed by atoms with van der Waals surface area (Å²) < 4.78 is 0. The summed E-state index contributed by atoms with van der Waals surface area (Å²) in [5, 5.41) is 0.449. The number of nitrogen functional groups attached to an aromatic ring is 1. The maximum Gasteiger partial charge on any atom is 0.188 e. The molecule has 0 fully saturated rings. The Hall–Kier alpha value is -1.28. The molecule has 0 unspecified atom stereocenters. The molecule has 1 aromatic carbocycles. The Bertz CT molecular complexity index is 465. The summed E-state index contributed by atoms with van der Waals surface area (Å²) in [6, 6.07) is 5.09. The molecule has 2 rings (SSSR count). The second-order valence-corrected chi connectivity index (χ2v) is 4.80. The number of benzene rings is 1. The molecule has 0 amide bonds. The molecule has 1 aromatic rings. The number of allylic oxidation sites excluding steroid dienone is 2. The van der Waals surface area contributed by atoms with Crippen LogP contribution in [-0.2, 0) is 0 Å². The second kappa shape index (κ2) is 5.37. The lowest BCUT2D eigenvalue weighted by atomic mass is 9.99. The van der Waals surface area contributed by atoms with E-state index in [1.54, 1.807) is 18.2 Å². The number of ketones is 1. The van der Waals surface area contributed by atoms with Gasteiger partial charge in [-0.3, -0.25) is 4.79 Å². The molecule has 0 atom stereocenters. The minimum atomic E-state index is 0.0915. The highest BCUT2D eigenvalue weighted by atomic mass is 35.5. The summed E-state index contributed by atoms with van der Waals surface area (Å²) in [6.45, 7) is 0. The van der Waals surface area contributed by atoms with Gasteiger partial charge in [0.1, 0.15) is 0 Å². The Labute approximate surface area is 106 Å². The Morgan fingerprint density at radius 3 is 2.82 bits per heavy atom. The number of Topliss-reactive ketones (excluding diaryl/α,β-unsaturated/α-hetero) is 1. The molecule has 3 heteroatoms. The van der Waals surface area contributed by atoms with Gasteiger partial charge in [-0.1, -0.05) is 24.1 Å². The van der Waals surface area contributed by atoms with Crippen molar-refractivity contribution in [1.82, 2.24) is 0 Å². The minimum absolute atomic E-state index is 0.0915. The van der Waals surface area contributed by atoms with Crippen LogP contribution < -0.4 is 5.73 Å². The predicted molar refractivity (Wildman–Crippen MR) is 71.4 cm³/mol. The molecule has 90 valence electrons. The van der Waals surface area contributed by atoms with Gasteiger partial charge in [0.05, 0.1) is 10.7 Å². The zero-order valence-electron chi connectivity index (χ0n) is 9.71. The minimum Gasteiger partial charge on any atom is -0.398 e. The quantitative estimate of drug-likeness (QED) is 0.636. The van der Waals surface area contributed by atoms with Crippen LogP contribution >= 0.6 is 11.6 Å². The third-order valence-corrected chi connectivity index (χ3v) is 3.42. The van der Waals surface area contributed by atoms with Gasteiger partial charge >= 0.3 is 0 Å². The van der Waals surface area contributed by atoms with Crippen molar-refractivity contribution in [3.63, 3.8) is 0 Å². The van der Waals surface area contributed by atoms with E-state index >= 15 is 0 Å². The van der Waals surface area contributed by atoms with Crippen LogP contribution in [0, 0.1) is 0 Å². The first-order chi connectivity index (χ1) is 8.18. The van der Waals surface area contributed by atoms with Gasteiger partial charge in [-0.25, -0.2) is 0 Å². The van der Waals surface area contributed by atoms with Gasteiger partial charge in [0.25, 0.3) is 0 Å². The lowest BCUT2D eigenvalue weighted by molar-refractivity contribution is 0.103. The van der Waals surface area contributed by atoms with Gasteiger partial charge in [-0.15, -0.1) is 0 Å². The van der Waals surface area contributed by atoms with E-state index in [0.29, 0.717) is 16.3 Å². The van der Waals surface area contributed by atoms with Crippen LogP contribution in [0.2, 0.25) is 5.02 Å². The molecule has 17 heavy (non-hydrogen) atoms. The summed E-state index contributed by atoms with van der Waals surface area (Å²) in [6.07, 6.45) is 7.43. The summed E-state index contributed by atoms with van der Waals surface area (Å²) in [4.78, 5) is 12.2. The predicted octanol–water partition coefficient (Wildman–Crippen LogP) is 4.00. The van der Waals surface area contributed by atoms with Crippen LogP contribution in [0.5, 0.6) is 0 Å². The summed E-state index contributed by atoms with van der Waals surface area (Å²) in [5.41, 5.74) is 7.70. The van der Waals surface area contributed by atoms with Crippen LogP contribution in [0.3, 0.4) is 0 Å². The number of rotatable bonds is 2. The summed E-state index contributed by atoms with van der Waals surface area (Å²) in [7, 11) is 0. The largest absolute Gasteiger partial charge is 0.398 e. The van der Waals surface area contributed by atoms with Gasteiger partial charge in [0, 0.05) is 5.56 Å². The number of carbonyl (C=O) groups excluding carboxylic acids is 1. The third kappa shape index (κ3) is 2.89. The molecule has 0 radical (unpaired) electrons. The van der Waals surface area contributed by atoms with Crippen molar-refractivity contribution in [1.29, 1.82) is 0 Å². The zero-order chi connectivity index (χ0) is 12.3. The Kier molecular flexibility index (Phi) is 3.85. The van der Waals surface area contributed by atoms with E-state index in [4.69, 9.17) is 17.3 Å². The number of halogens is 1. The highest BCUT2D eigenvalue weighted by Gasteiger charge is 2.14. The molecule has 0 spiro atoms. The summed E-state index contributed by atoms with van der Waals surface area (Å²) in [5.74, 6) is 0.0915. The molecule has 0 saturated heterocycles. The SMILES string of the molecule is Nc1ccc(C(=O)C2=CCCCCC2)cc1Cl. The highest BCUT2D eigenvalue weighted by molar-refractivity contribution is 6.33. The fraction of sp³-hybridized carbons (Fsp3) is 0.357. The average molecular weight is 250 g/mol. The molecule has 2 nitrogen and oxygen atoms in total. The first-order valence-electron chi connectivity index (χ1n) is 5.97. The van der Waals surface area contributed by atoms with Gasteiger partial charge < -0.3 is 5.73 Å². The molecule has 0 saturated carbocycles. The number of hydrogen-bond donors (Lipinski definition) is 1. The van der Waals surface area contributed by atoms with E-state index in [2.05, 4.69) is 6.08 Å². The van der Waals surface area contributed by atoms with E-state index < -0.39 is 0 Å². The van der Waals surface area contributed by atoms with Crippen molar-refractivity contribution in [3.05, 3.63) is 40.4 Å². The smallest absolute Gasteiger partial charge is 0.188 e. The van der Waals surface area contributed by atoms with Crippen molar-refractivity contribution in [3.8, 4) is 0 Å². The summed E-state index contributed by atoms with van der Waals surface area (Å²) >= 11 is 5.93. The first kappa shape index (κ1) is 12.2. The van der Waals surface area contributed by atoms with Crippen LogP contribution in [0.25, 0.3) is 0 Å². The van der Waals surface area contributed by atoms with E-state index in [9.17, 15) is 4.79 Å². The second-order valence-electron chi connectivity index (χ2n) is 4.39. The van der Waals surface area contributed by atoms with Crippen LogP contribution in [0.15, 0.2) is 29.8 Å². The van der Waals surface area contributed by atoms with Crippen molar-refractivity contribution in [2.24, 2.45) is 0 Å². The molecule has 2 N–H and O–H groups in total. The lowest BCUT2D eigenvalue weighted by Crippen LogP contribution is -2.03. The molecule has 1 aliphatic rings. The topological polar surface area (TPSA) is 43.1 Å². The van der Waals surface area contributed by atoms with Crippen molar-refractivity contribution in [2.45, 2.75) is 32.1 Å². The molecule has 0 heterocycles. The van der Waals surface area contributed by atoms with Crippen LogP contribution in [0.1, 0.15) is 42.5 Å². The van der Waals surface area contributed by atoms with E-state index in [1.165, 1.54) is 12.8 Å². The molecular weight excluding hydrogens is 234 g/mol. The number of carbonyl (C=O) groups is 1. The molecule has 0 bridgehead atoms. The monoisotopic (exact) mass is 249 g/mol. The first-order valence-corrected chi connectivity index (χ1v) is 6.35. The number of hydrogen-bond acceptors (Lipinski definition) is 2. The maximum atomic E-state index is 12.2. The van der Waals surface area contributed by atoms with E-state index in [1.807, 2.05) is 0 Å². The van der Waals surface area contributed by atoms with Gasteiger partial charge in [-0.2, -0.15) is 0 Å². The zero-order valence-corrected chi connectivity index (χ0v) is 10.5. The molecule has 1 aliphatic carbocycles. The molecular formula is C14H16ClNO. The number of anilines is 1. The maximum absolute atomic E-state index is 12.2. The lowest BCUT2D eigenvalue weighted by Gasteiger charge is -2.06. The van der Waals surface area contributed by atoms with E-state index in [0.717, 1.165) is 24.8 Å². The van der Waals surface area contributed by atoms with Crippen molar-refractivity contribution >= 4 is 23.1 Å². The van der Waals surface area contributed by atoms with Gasteiger partial charge in [-0.05, 0) is 49.5 Å². The molecule has 0 aromatic heterocycles. The van der Waals surface area contributed by atoms with Crippen LogP contribution in [0.4, 0.5) is 5.69 Å². The van der Waals surface area contributed by atoms with Gasteiger partial charge in [0.15, 0.2) is 5.78 Å². The molecule has 0 aliphatic heterocycles. The average Bonchev–Trinajstić information content (AvgIpc) is 2.60. The Balaban J connectivity index is 2.23. The van der Waals surface area contributed by atoms with Crippen molar-refractivity contribution in [2.75, 3.05) is 5.73 Å². The normalized spacial score (nSPS) is 16.2. The highest BCUT2D eigenvalue weighted by Crippen LogP contribution is 2.24. The standard InChI is InChI=1S/C14H16ClNO/c15-12-9-11(7-8-13(12)16)14(17)10-5-3-1-2-4-6-10/h5,7-9H,1-4,6,16H2. The fourth-order valence-corrected chi connectivity index (χ4v) is 2.26. The third-order valence-electron chi connectivity index (χ3n) is 3.10. The Morgan fingerprint density at radius 1 is 1.24 bits per heavy atom. The van der Waals surface area contributed by atoms with E-state index in [-0.39, 0.29) is 5.78 Å². The number of nitrogens with two attached hydrogens (primary N) is 1. The van der Waals surface area contributed by atoms with Crippen molar-refractivity contribution < 1.29 is 4.79 Å². The van der Waals surface area contributed by atoms with Gasteiger partial charge in [0.2, 0.25) is 0 Å². The fourth-order valence-electron chi connectivity index (χ4n) is 2.07.